The molecule has 1 aliphatic rings. The van der Waals surface area contributed by atoms with Crippen molar-refractivity contribution in [1.29, 1.82) is 0 Å². The van der Waals surface area contributed by atoms with E-state index in [1.807, 2.05) is 0 Å². The Morgan fingerprint density at radius 3 is 2.32 bits per heavy atom. The third-order valence-corrected chi connectivity index (χ3v) is 3.94. The number of primary amides is 1. The summed E-state index contributed by atoms with van der Waals surface area (Å²) in [6.45, 7) is 0.359. The second kappa shape index (κ2) is 7.17. The predicted molar refractivity (Wildman–Crippen MR) is 76.1 cm³/mol. The molecule has 0 atom stereocenters. The van der Waals surface area contributed by atoms with Crippen LogP contribution in [0.25, 0.3) is 0 Å². The van der Waals surface area contributed by atoms with Gasteiger partial charge in [0.2, 0.25) is 0 Å². The Morgan fingerprint density at radius 1 is 1.11 bits per heavy atom. The summed E-state index contributed by atoms with van der Waals surface area (Å²) in [5, 5.41) is 0. The van der Waals surface area contributed by atoms with Crippen molar-refractivity contribution in [3.63, 3.8) is 0 Å². The lowest BCUT2D eigenvalue weighted by Crippen LogP contribution is -2.14. The Balaban J connectivity index is 1.88. The maximum absolute atomic E-state index is 10.5. The van der Waals surface area contributed by atoms with Gasteiger partial charge in [-0.2, -0.15) is 0 Å². The van der Waals surface area contributed by atoms with Crippen molar-refractivity contribution in [2.24, 2.45) is 5.73 Å². The molecule has 0 aromatic heterocycles. The lowest BCUT2D eigenvalue weighted by Gasteiger charge is -2.14. The molecule has 0 radical (unpaired) electrons. The highest BCUT2D eigenvalue weighted by Gasteiger charge is 2.13. The molecule has 2 rings (SSSR count). The van der Waals surface area contributed by atoms with Gasteiger partial charge in [0.05, 0.1) is 6.61 Å². The van der Waals surface area contributed by atoms with Crippen molar-refractivity contribution in [1.82, 2.24) is 0 Å². The van der Waals surface area contributed by atoms with Gasteiger partial charge < -0.3 is 10.5 Å². The zero-order valence-electron chi connectivity index (χ0n) is 11.4. The van der Waals surface area contributed by atoms with Crippen LogP contribution in [0.5, 0.6) is 0 Å². The minimum absolute atomic E-state index is 0.359. The van der Waals surface area contributed by atoms with Gasteiger partial charge in [-0.1, -0.05) is 49.9 Å². The second-order valence-electron chi connectivity index (χ2n) is 5.35. The molecule has 0 saturated heterocycles. The molecule has 1 aromatic rings. The van der Waals surface area contributed by atoms with Crippen LogP contribution in [0, 0.1) is 0 Å². The van der Waals surface area contributed by atoms with Crippen LogP contribution in [0.1, 0.15) is 55.6 Å². The zero-order chi connectivity index (χ0) is 13.5. The summed E-state index contributed by atoms with van der Waals surface area (Å²) in [5.41, 5.74) is 7.58. The molecule has 1 aliphatic carbocycles. The average molecular weight is 261 g/mol. The first-order valence-electron chi connectivity index (χ1n) is 7.27. The van der Waals surface area contributed by atoms with Gasteiger partial charge in [0.1, 0.15) is 0 Å². The van der Waals surface area contributed by atoms with Crippen LogP contribution in [0.2, 0.25) is 0 Å². The van der Waals surface area contributed by atoms with E-state index in [1.54, 1.807) is 0 Å². The van der Waals surface area contributed by atoms with E-state index >= 15 is 0 Å². The van der Waals surface area contributed by atoms with Gasteiger partial charge in [-0.05, 0) is 29.9 Å². The Labute approximate surface area is 115 Å². The molecule has 3 heteroatoms. The number of amides is 1. The van der Waals surface area contributed by atoms with Crippen molar-refractivity contribution < 1.29 is 9.53 Å². The summed E-state index contributed by atoms with van der Waals surface area (Å²) in [6, 6.07) is 8.75. The molecule has 3 nitrogen and oxygen atoms in total. The van der Waals surface area contributed by atoms with Gasteiger partial charge in [-0.25, -0.2) is 4.79 Å². The fraction of sp³-hybridized carbons (Fsp3) is 0.562. The highest BCUT2D eigenvalue weighted by Crippen LogP contribution is 2.31. The number of carbonyl (C=O) groups is 1. The molecule has 0 heterocycles. The topological polar surface area (TPSA) is 52.3 Å². The fourth-order valence-corrected chi connectivity index (χ4v) is 2.84. The van der Waals surface area contributed by atoms with Gasteiger partial charge in [0.25, 0.3) is 0 Å². The smallest absolute Gasteiger partial charge is 0.404 e. The van der Waals surface area contributed by atoms with Crippen LogP contribution in [-0.4, -0.2) is 12.7 Å². The van der Waals surface area contributed by atoms with E-state index < -0.39 is 6.09 Å². The molecule has 1 saturated carbocycles. The number of hydrogen-bond donors (Lipinski definition) is 1. The molecular weight excluding hydrogens is 238 g/mol. The predicted octanol–water partition coefficient (Wildman–Crippen LogP) is 3.76. The molecular formula is C16H23NO2. The van der Waals surface area contributed by atoms with Crippen molar-refractivity contribution in [2.45, 2.75) is 50.9 Å². The monoisotopic (exact) mass is 261 g/mol. The molecule has 1 fully saturated rings. The summed E-state index contributed by atoms with van der Waals surface area (Å²) >= 11 is 0. The van der Waals surface area contributed by atoms with E-state index in [2.05, 4.69) is 24.3 Å². The van der Waals surface area contributed by atoms with E-state index in [0.717, 1.165) is 12.3 Å². The maximum atomic E-state index is 10.5. The van der Waals surface area contributed by atoms with E-state index in [-0.39, 0.29) is 0 Å². The summed E-state index contributed by atoms with van der Waals surface area (Å²) < 4.78 is 4.75. The van der Waals surface area contributed by atoms with Crippen LogP contribution in [0.3, 0.4) is 0 Å². The van der Waals surface area contributed by atoms with Gasteiger partial charge in [-0.3, -0.25) is 0 Å². The van der Waals surface area contributed by atoms with Crippen molar-refractivity contribution >= 4 is 6.09 Å². The molecule has 1 aromatic carbocycles. The Hall–Kier alpha value is -1.51. The third-order valence-electron chi connectivity index (χ3n) is 3.94. The first-order valence-corrected chi connectivity index (χ1v) is 7.27. The summed E-state index contributed by atoms with van der Waals surface area (Å²) in [6.07, 6.45) is 8.17. The number of nitrogens with two attached hydrogens (primary N) is 1. The lowest BCUT2D eigenvalue weighted by atomic mass is 9.91. The van der Waals surface area contributed by atoms with Gasteiger partial charge >= 0.3 is 6.09 Å². The molecule has 0 bridgehead atoms. The first-order chi connectivity index (χ1) is 9.25. The van der Waals surface area contributed by atoms with Crippen LogP contribution in [-0.2, 0) is 11.2 Å². The van der Waals surface area contributed by atoms with E-state index in [1.165, 1.54) is 49.7 Å². The van der Waals surface area contributed by atoms with Crippen LogP contribution in [0.15, 0.2) is 24.3 Å². The third kappa shape index (κ3) is 4.58. The quantitative estimate of drug-likeness (QED) is 0.839. The van der Waals surface area contributed by atoms with Gasteiger partial charge in [0.15, 0.2) is 0 Å². The molecule has 0 aliphatic heterocycles. The van der Waals surface area contributed by atoms with Gasteiger partial charge in [-0.15, -0.1) is 0 Å². The van der Waals surface area contributed by atoms with Crippen molar-refractivity contribution in [3.8, 4) is 0 Å². The standard InChI is InChI=1S/C16H23NO2/c17-16(18)19-12-11-13-7-9-15(10-8-13)14-5-3-1-2-4-6-14/h7-10,14H,1-6,11-12H2,(H2,17,18). The first kappa shape index (κ1) is 13.9. The van der Waals surface area contributed by atoms with Gasteiger partial charge in [0, 0.05) is 6.42 Å². The lowest BCUT2D eigenvalue weighted by molar-refractivity contribution is 0.158. The molecule has 0 spiro atoms. The molecule has 19 heavy (non-hydrogen) atoms. The SMILES string of the molecule is NC(=O)OCCc1ccc(C2CCCCCC2)cc1. The summed E-state index contributed by atoms with van der Waals surface area (Å²) in [4.78, 5) is 10.5. The number of benzene rings is 1. The average Bonchev–Trinajstić information content (AvgIpc) is 2.68. The van der Waals surface area contributed by atoms with Crippen molar-refractivity contribution in [2.75, 3.05) is 6.61 Å². The normalized spacial score (nSPS) is 16.8. The molecule has 2 N–H and O–H groups in total. The fourth-order valence-electron chi connectivity index (χ4n) is 2.84. The largest absolute Gasteiger partial charge is 0.449 e. The number of rotatable bonds is 4. The Morgan fingerprint density at radius 2 is 1.74 bits per heavy atom. The minimum Gasteiger partial charge on any atom is -0.449 e. The molecule has 0 unspecified atom stereocenters. The minimum atomic E-state index is -0.699. The van der Waals surface area contributed by atoms with E-state index in [4.69, 9.17) is 10.5 Å². The Kier molecular flexibility index (Phi) is 5.25. The summed E-state index contributed by atoms with van der Waals surface area (Å²) in [5.74, 6) is 0.735. The summed E-state index contributed by atoms with van der Waals surface area (Å²) in [7, 11) is 0. The maximum Gasteiger partial charge on any atom is 0.404 e. The molecule has 104 valence electrons. The van der Waals surface area contributed by atoms with Crippen molar-refractivity contribution in [3.05, 3.63) is 35.4 Å². The second-order valence-corrected chi connectivity index (χ2v) is 5.35. The Bertz CT molecular complexity index is 392. The van der Waals surface area contributed by atoms with Crippen LogP contribution in [0.4, 0.5) is 4.79 Å². The number of carbonyl (C=O) groups excluding carboxylic acids is 1. The molecule has 1 amide bonds. The highest BCUT2D eigenvalue weighted by atomic mass is 16.5. The van der Waals surface area contributed by atoms with Crippen LogP contribution < -0.4 is 5.73 Å². The highest BCUT2D eigenvalue weighted by molar-refractivity contribution is 5.64. The zero-order valence-corrected chi connectivity index (χ0v) is 11.4. The number of hydrogen-bond acceptors (Lipinski definition) is 2. The van der Waals surface area contributed by atoms with E-state index in [0.29, 0.717) is 6.61 Å². The van der Waals surface area contributed by atoms with E-state index in [9.17, 15) is 4.79 Å². The van der Waals surface area contributed by atoms with Crippen LogP contribution >= 0.6 is 0 Å². The number of ether oxygens (including phenoxy) is 1.